The maximum atomic E-state index is 10.6. The highest BCUT2D eigenvalue weighted by atomic mass is 31.2. The molecule has 8 nitrogen and oxygen atoms in total. The summed E-state index contributed by atoms with van der Waals surface area (Å²) in [6, 6.07) is 2.45. The van der Waals surface area contributed by atoms with Crippen molar-refractivity contribution < 1.29 is 18.9 Å². The molecule has 1 aromatic heterocycles. The lowest BCUT2D eigenvalue weighted by molar-refractivity contribution is 0.189. The van der Waals surface area contributed by atoms with Crippen molar-refractivity contribution in [1.29, 1.82) is 0 Å². The molecule has 20 heavy (non-hydrogen) atoms. The van der Waals surface area contributed by atoms with Gasteiger partial charge < -0.3 is 9.79 Å². The Morgan fingerprint density at radius 2 is 2.15 bits per heavy atom. The summed E-state index contributed by atoms with van der Waals surface area (Å²) in [7, 11) is -4.50. The van der Waals surface area contributed by atoms with Gasteiger partial charge in [0.05, 0.1) is 18.3 Å². The molecule has 110 valence electrons. The summed E-state index contributed by atoms with van der Waals surface area (Å²) < 4.78 is 15.0. The number of aliphatic imine (C=N–C) groups is 1. The van der Waals surface area contributed by atoms with Crippen molar-refractivity contribution in [2.75, 3.05) is 0 Å². The van der Waals surface area contributed by atoms with Crippen molar-refractivity contribution in [3.8, 4) is 0 Å². The Kier molecular flexibility index (Phi) is 6.09. The summed E-state index contributed by atoms with van der Waals surface area (Å²) in [6.07, 6.45) is 2.96. The van der Waals surface area contributed by atoms with Crippen LogP contribution in [0.5, 0.6) is 0 Å². The van der Waals surface area contributed by atoms with Gasteiger partial charge in [0.1, 0.15) is 6.04 Å². The van der Waals surface area contributed by atoms with Crippen molar-refractivity contribution in [2.45, 2.75) is 32.5 Å². The lowest BCUT2D eigenvalue weighted by Gasteiger charge is -2.07. The lowest BCUT2D eigenvalue weighted by atomic mass is 10.2. The first-order valence-corrected chi connectivity index (χ1v) is 7.35. The first-order valence-electron chi connectivity index (χ1n) is 5.82. The van der Waals surface area contributed by atoms with E-state index in [1.54, 1.807) is 26.0 Å². The highest BCUT2D eigenvalue weighted by molar-refractivity contribution is 7.46. The van der Waals surface area contributed by atoms with E-state index in [1.165, 1.54) is 12.4 Å². The third kappa shape index (κ3) is 6.12. The van der Waals surface area contributed by atoms with Crippen LogP contribution in [0.15, 0.2) is 28.5 Å². The highest BCUT2D eigenvalue weighted by Crippen LogP contribution is 2.36. The van der Waals surface area contributed by atoms with Gasteiger partial charge in [0.2, 0.25) is 0 Å². The van der Waals surface area contributed by atoms with Crippen molar-refractivity contribution in [3.05, 3.63) is 34.5 Å². The molecular formula is C11H16N3O5P. The van der Waals surface area contributed by atoms with Crippen LogP contribution in [-0.2, 0) is 15.7 Å². The number of hydrogen-bond donors (Lipinski definition) is 2. The average Bonchev–Trinajstić information content (AvgIpc) is 2.41. The second-order valence-corrected chi connectivity index (χ2v) is 5.46. The molecule has 0 spiro atoms. The van der Waals surface area contributed by atoms with Gasteiger partial charge in [-0.3, -0.25) is 14.5 Å². The van der Waals surface area contributed by atoms with Crippen LogP contribution >= 0.6 is 7.82 Å². The predicted octanol–water partition coefficient (Wildman–Crippen LogP) is 1.65. The minimum atomic E-state index is -4.50. The quantitative estimate of drug-likeness (QED) is 0.448. The van der Waals surface area contributed by atoms with E-state index in [0.29, 0.717) is 11.3 Å². The van der Waals surface area contributed by atoms with Gasteiger partial charge in [0.25, 0.3) is 0 Å². The third-order valence-corrected chi connectivity index (χ3v) is 3.02. The van der Waals surface area contributed by atoms with E-state index in [4.69, 9.17) is 9.79 Å². The van der Waals surface area contributed by atoms with Crippen LogP contribution in [0, 0.1) is 4.91 Å². The zero-order chi connectivity index (χ0) is 15.2. The van der Waals surface area contributed by atoms with Crippen LogP contribution in [0.1, 0.15) is 25.1 Å². The molecule has 0 aliphatic heterocycles. The SMILES string of the molecule is CC(N=O)C(C)N=Cc1cc(COP(=O)(O)O)ccn1. The van der Waals surface area contributed by atoms with E-state index in [9.17, 15) is 9.47 Å². The van der Waals surface area contributed by atoms with Crippen LogP contribution in [0.4, 0.5) is 0 Å². The summed E-state index contributed by atoms with van der Waals surface area (Å²) in [5, 5.41) is 2.88. The van der Waals surface area contributed by atoms with Gasteiger partial charge in [-0.2, -0.15) is 4.91 Å². The second kappa shape index (κ2) is 7.35. The Hall–Kier alpha value is -1.47. The number of rotatable bonds is 7. The van der Waals surface area contributed by atoms with Crippen molar-refractivity contribution in [3.63, 3.8) is 0 Å². The van der Waals surface area contributed by atoms with Gasteiger partial charge >= 0.3 is 7.82 Å². The van der Waals surface area contributed by atoms with E-state index >= 15 is 0 Å². The Morgan fingerprint density at radius 1 is 1.45 bits per heavy atom. The molecule has 1 heterocycles. The van der Waals surface area contributed by atoms with Crippen LogP contribution in [0.25, 0.3) is 0 Å². The molecule has 0 bridgehead atoms. The van der Waals surface area contributed by atoms with Gasteiger partial charge in [0.15, 0.2) is 0 Å². The van der Waals surface area contributed by atoms with Crippen LogP contribution in [-0.4, -0.2) is 33.1 Å². The van der Waals surface area contributed by atoms with Gasteiger partial charge in [-0.15, -0.1) is 0 Å². The number of nitroso groups, excluding NO2 is 1. The first kappa shape index (κ1) is 16.6. The van der Waals surface area contributed by atoms with Crippen molar-refractivity contribution in [2.24, 2.45) is 10.2 Å². The smallest absolute Gasteiger partial charge is 0.303 e. The Balaban J connectivity index is 2.71. The average molecular weight is 301 g/mol. The molecular weight excluding hydrogens is 285 g/mol. The Morgan fingerprint density at radius 3 is 2.75 bits per heavy atom. The van der Waals surface area contributed by atoms with Gasteiger partial charge in [-0.05, 0) is 31.5 Å². The predicted molar refractivity (Wildman–Crippen MR) is 73.4 cm³/mol. The number of phosphoric ester groups is 1. The molecule has 2 unspecified atom stereocenters. The molecule has 0 amide bonds. The fraction of sp³-hybridized carbons (Fsp3) is 0.455. The topological polar surface area (TPSA) is 121 Å². The zero-order valence-corrected chi connectivity index (χ0v) is 12.0. The highest BCUT2D eigenvalue weighted by Gasteiger charge is 2.13. The van der Waals surface area contributed by atoms with Gasteiger partial charge in [0, 0.05) is 12.4 Å². The van der Waals surface area contributed by atoms with E-state index < -0.39 is 13.9 Å². The Labute approximate surface area is 116 Å². The fourth-order valence-electron chi connectivity index (χ4n) is 1.22. The van der Waals surface area contributed by atoms with Crippen LogP contribution < -0.4 is 0 Å². The minimum Gasteiger partial charge on any atom is -0.303 e. The number of aromatic nitrogens is 1. The molecule has 2 N–H and O–H groups in total. The molecule has 9 heteroatoms. The summed E-state index contributed by atoms with van der Waals surface area (Å²) in [6.45, 7) is 3.19. The molecule has 1 aromatic rings. The first-order chi connectivity index (χ1) is 9.31. The molecule has 0 aromatic carbocycles. The van der Waals surface area contributed by atoms with Gasteiger partial charge in [-0.25, -0.2) is 4.57 Å². The number of nitrogens with zero attached hydrogens (tertiary/aromatic N) is 3. The number of hydrogen-bond acceptors (Lipinski definition) is 6. The summed E-state index contributed by atoms with van der Waals surface area (Å²) in [4.78, 5) is 35.8. The van der Waals surface area contributed by atoms with Crippen LogP contribution in [0.3, 0.4) is 0 Å². The van der Waals surface area contributed by atoms with Crippen molar-refractivity contribution in [1.82, 2.24) is 4.98 Å². The molecule has 0 radical (unpaired) electrons. The standard InChI is InChI=1S/C11H16N3O5P/c1-8(9(2)14-15)13-6-11-5-10(3-4-12-11)7-19-20(16,17)18/h3-6,8-9H,7H2,1-2H3,(H2,16,17,18). The monoisotopic (exact) mass is 301 g/mol. The molecule has 0 fully saturated rings. The number of phosphoric acid groups is 1. The molecule has 0 saturated heterocycles. The lowest BCUT2D eigenvalue weighted by Crippen LogP contribution is -2.14. The maximum Gasteiger partial charge on any atom is 0.469 e. The van der Waals surface area contributed by atoms with E-state index in [-0.39, 0.29) is 12.6 Å². The second-order valence-electron chi connectivity index (χ2n) is 4.22. The van der Waals surface area contributed by atoms with E-state index in [1.807, 2.05) is 0 Å². The number of pyridine rings is 1. The van der Waals surface area contributed by atoms with Gasteiger partial charge in [-0.1, -0.05) is 5.18 Å². The summed E-state index contributed by atoms with van der Waals surface area (Å²) in [5.74, 6) is 0. The van der Waals surface area contributed by atoms with E-state index in [0.717, 1.165) is 0 Å². The third-order valence-electron chi connectivity index (χ3n) is 2.55. The molecule has 0 aliphatic carbocycles. The largest absolute Gasteiger partial charge is 0.469 e. The molecule has 0 aliphatic rings. The fourth-order valence-corrected chi connectivity index (χ4v) is 1.54. The molecule has 0 saturated carbocycles. The maximum absolute atomic E-state index is 10.6. The minimum absolute atomic E-state index is 0.227. The van der Waals surface area contributed by atoms with Crippen LogP contribution in [0.2, 0.25) is 0 Å². The Bertz CT molecular complexity index is 531. The molecule has 2 atom stereocenters. The summed E-state index contributed by atoms with van der Waals surface area (Å²) >= 11 is 0. The van der Waals surface area contributed by atoms with Crippen molar-refractivity contribution >= 4 is 14.0 Å². The summed E-state index contributed by atoms with van der Waals surface area (Å²) in [5.41, 5.74) is 1.06. The normalized spacial score (nSPS) is 15.2. The van der Waals surface area contributed by atoms with E-state index in [2.05, 4.69) is 19.7 Å². The molecule has 1 rings (SSSR count). The zero-order valence-electron chi connectivity index (χ0n) is 11.1.